The second-order valence-electron chi connectivity index (χ2n) is 35.2. The van der Waals surface area contributed by atoms with Crippen LogP contribution in [-0.2, 0) is 68.0 Å². The maximum atomic E-state index is 12.6. The summed E-state index contributed by atoms with van der Waals surface area (Å²) in [5.41, 5.74) is 5.81. The molecule has 0 saturated heterocycles. The number of hydrogen-bond donors (Lipinski definition) is 0. The Balaban J connectivity index is 0.000000176. The fourth-order valence-electron chi connectivity index (χ4n) is 17.1. The minimum absolute atomic E-state index is 0.0132. The molecule has 0 aromatic heterocycles. The molecule has 0 amide bonds. The van der Waals surface area contributed by atoms with E-state index in [0.717, 1.165) is 148 Å². The third kappa shape index (κ3) is 25.6. The summed E-state index contributed by atoms with van der Waals surface area (Å²) in [5.74, 6) is 3.16. The largest absolute Gasteiger partial charge is 0.487 e. The molecule has 17 atom stereocenters. The Morgan fingerprint density at radius 3 is 0.934 bits per heavy atom. The smallest absolute Gasteiger partial charge is 0.333 e. The van der Waals surface area contributed by atoms with E-state index in [-0.39, 0.29) is 119 Å². The number of carbonyl (C=O) groups is 6. The molecule has 646 valence electrons. The molecule has 6 aromatic rings. The van der Waals surface area contributed by atoms with Crippen LogP contribution in [0.4, 0.5) is 0 Å². The first-order valence-electron chi connectivity index (χ1n) is 43.0. The molecule has 121 heavy (non-hydrogen) atoms. The fourth-order valence-corrected chi connectivity index (χ4v) is 17.1. The molecule has 7 saturated carbocycles. The van der Waals surface area contributed by atoms with Crippen LogP contribution in [0.3, 0.4) is 0 Å². The molecule has 18 nitrogen and oxygen atoms in total. The third-order valence-corrected chi connectivity index (χ3v) is 24.0. The molecule has 17 unspecified atom stereocenters. The number of ether oxygens (including phenoxy) is 12. The van der Waals surface area contributed by atoms with Gasteiger partial charge in [-0.05, 0) is 257 Å². The number of fused-ring (bicyclic) bond motifs is 5. The summed E-state index contributed by atoms with van der Waals surface area (Å²) >= 11 is 0. The van der Waals surface area contributed by atoms with E-state index in [9.17, 15) is 28.8 Å². The summed E-state index contributed by atoms with van der Waals surface area (Å²) in [5, 5.41) is 0. The van der Waals surface area contributed by atoms with E-state index >= 15 is 0 Å². The van der Waals surface area contributed by atoms with Crippen LogP contribution in [0.2, 0.25) is 0 Å². The van der Waals surface area contributed by atoms with Gasteiger partial charge in [-0.3, -0.25) is 0 Å². The first kappa shape index (κ1) is 92.4. The highest BCUT2D eigenvalue weighted by atomic mass is 16.6. The van der Waals surface area contributed by atoms with Gasteiger partial charge in [0.15, 0.2) is 0 Å². The van der Waals surface area contributed by atoms with E-state index in [2.05, 4.69) is 117 Å². The van der Waals surface area contributed by atoms with Crippen LogP contribution in [-0.4, -0.2) is 109 Å². The minimum Gasteiger partial charge on any atom is -0.487 e. The van der Waals surface area contributed by atoms with Gasteiger partial charge in [-0.2, -0.15) is 0 Å². The molecule has 0 heterocycles. The number of rotatable bonds is 27. The number of hydrogen-bond acceptors (Lipinski definition) is 18. The first-order valence-corrected chi connectivity index (χ1v) is 43.0. The van der Waals surface area contributed by atoms with Crippen LogP contribution in [0.15, 0.2) is 249 Å². The van der Waals surface area contributed by atoms with Gasteiger partial charge in [-0.1, -0.05) is 171 Å². The molecular weight excluding hydrogens is 1530 g/mol. The third-order valence-electron chi connectivity index (χ3n) is 24.0. The molecule has 7 fully saturated rings. The van der Waals surface area contributed by atoms with Crippen LogP contribution >= 0.6 is 0 Å². The zero-order chi connectivity index (χ0) is 87.2. The Labute approximate surface area is 717 Å². The normalized spacial score (nSPS) is 25.6. The number of carbonyl (C=O) groups excluding carboxylic acids is 6. The van der Waals surface area contributed by atoms with Crippen molar-refractivity contribution in [1.29, 1.82) is 0 Å². The monoisotopic (exact) mass is 1650 g/mol. The number of allylic oxidation sites excluding steroid dienone is 1. The molecule has 6 aromatic carbocycles. The maximum absolute atomic E-state index is 12.6. The average Bonchev–Trinajstić information content (AvgIpc) is 1.55. The van der Waals surface area contributed by atoms with E-state index in [0.29, 0.717) is 45.8 Å². The Kier molecular flexibility index (Phi) is 32.9. The zero-order valence-electron chi connectivity index (χ0n) is 72.8. The molecular formula is C103H126O18. The summed E-state index contributed by atoms with van der Waals surface area (Å²) in [4.78, 5) is 72.9. The lowest BCUT2D eigenvalue weighted by atomic mass is 9.77. The first-order chi connectivity index (χ1) is 57.7. The summed E-state index contributed by atoms with van der Waals surface area (Å²) in [6, 6.07) is 53.4. The molecule has 7 aliphatic rings. The Morgan fingerprint density at radius 2 is 0.587 bits per heavy atom. The fraction of sp³-hybridized carbons (Fsp3) is 0.456. The Bertz CT molecular complexity index is 4440. The van der Waals surface area contributed by atoms with E-state index < -0.39 is 24.1 Å². The van der Waals surface area contributed by atoms with Crippen molar-refractivity contribution in [3.63, 3.8) is 0 Å². The standard InChI is InChI=1S/C35H44O6.C30H32O6.C22H30O3.C16H20O3/c1-23(2)33(36)40-31-13-9-7-11-29(31)38-27-19-15-25(16-20-27)35(5,6)26-17-21-28(22-18-26)39-30-12-8-10-14-32(30)41-34(37)24(3)4;1-17(2)29(31)35-24-16-21-22-15-23(25(21)28(24)34-20-13-9-6-10-14-20)27(36-30(32)18(3)4)26(22)33-19-11-7-5-8-12-19;1-7-16-8-13-19(20(14-16)25-21(23)15(2)3)24-18-11-9-17(10-12-18)22(4,5)6;1-12(2)16(17)19-15-11-7-6-10-14(15)18-13-8-4-3-5-9-13/h15-22,29-32H,1,3,7-14H2,2,4-6H3;5-14,21-28H,1,3,15-16H2,2,4H3;7,9-12,16,19-20H,1-2,8,13-14H2,3-6H3;3-5,8-9,14-15H,1,6-7,10-11H2,2H3. The van der Waals surface area contributed by atoms with Crippen molar-refractivity contribution >= 4 is 35.8 Å². The SMILES string of the molecule is C=C(C)C(=O)OC1CC2C3CC(C(OC(=O)C(=C)C)C3Oc3ccccc3)C2C1Oc1ccccc1.C=C(C)C(=O)OC1CCCCC1Oc1ccc(C(C)(C)c2ccc(OC3CCCCC3OC(=O)C(=C)C)cc2)cc1.C=C(C)C(=O)OC1CCCCC1Oc1ccccc1.C=CC1CCC(Oc2ccc(C(C)(C)C)cc2)C(OC(=O)C(=C)C)C1. The average molecular weight is 1650 g/mol. The lowest BCUT2D eigenvalue weighted by Gasteiger charge is -2.39. The second-order valence-corrected chi connectivity index (χ2v) is 35.2. The van der Waals surface area contributed by atoms with Crippen molar-refractivity contribution in [3.8, 4) is 34.5 Å². The van der Waals surface area contributed by atoms with Gasteiger partial charge in [-0.25, -0.2) is 28.8 Å². The lowest BCUT2D eigenvalue weighted by Crippen LogP contribution is -2.49. The lowest BCUT2D eigenvalue weighted by molar-refractivity contribution is -0.158. The van der Waals surface area contributed by atoms with Gasteiger partial charge >= 0.3 is 35.8 Å². The van der Waals surface area contributed by atoms with Gasteiger partial charge < -0.3 is 56.8 Å². The molecule has 2 bridgehead atoms. The maximum Gasteiger partial charge on any atom is 0.333 e. The highest BCUT2D eigenvalue weighted by Gasteiger charge is 2.68. The predicted octanol–water partition coefficient (Wildman–Crippen LogP) is 21.5. The summed E-state index contributed by atoms with van der Waals surface area (Å²) in [6.45, 7) is 46.9. The van der Waals surface area contributed by atoms with E-state index in [4.69, 9.17) is 56.8 Å². The van der Waals surface area contributed by atoms with Crippen LogP contribution in [0.5, 0.6) is 34.5 Å². The summed E-state index contributed by atoms with van der Waals surface area (Å²) in [7, 11) is 0. The van der Waals surface area contributed by atoms with Gasteiger partial charge in [0.05, 0.1) is 0 Å². The quantitative estimate of drug-likeness (QED) is 0.0203. The molecule has 0 spiro atoms. The van der Waals surface area contributed by atoms with Gasteiger partial charge in [0.25, 0.3) is 0 Å². The van der Waals surface area contributed by atoms with Crippen molar-refractivity contribution in [2.75, 3.05) is 0 Å². The van der Waals surface area contributed by atoms with Crippen LogP contribution in [0.1, 0.15) is 202 Å². The Hall–Kier alpha value is -10.9. The van der Waals surface area contributed by atoms with E-state index in [1.807, 2.05) is 133 Å². The van der Waals surface area contributed by atoms with Gasteiger partial charge in [0.1, 0.15) is 108 Å². The highest BCUT2D eigenvalue weighted by molar-refractivity contribution is 5.89. The van der Waals surface area contributed by atoms with E-state index in [1.54, 1.807) is 41.5 Å². The molecule has 13 rings (SSSR count). The van der Waals surface area contributed by atoms with Crippen molar-refractivity contribution in [1.82, 2.24) is 0 Å². The molecule has 7 aliphatic carbocycles. The highest BCUT2D eigenvalue weighted by Crippen LogP contribution is 2.61. The minimum atomic E-state index is -0.446. The van der Waals surface area contributed by atoms with Gasteiger partial charge in [0.2, 0.25) is 0 Å². The second kappa shape index (κ2) is 43.1. The molecule has 18 heteroatoms. The Morgan fingerprint density at radius 1 is 0.289 bits per heavy atom. The molecule has 0 aliphatic heterocycles. The van der Waals surface area contributed by atoms with Crippen molar-refractivity contribution < 1.29 is 85.6 Å². The van der Waals surface area contributed by atoms with Gasteiger partial charge in [-0.15, -0.1) is 6.58 Å². The summed E-state index contributed by atoms with van der Waals surface area (Å²) < 4.78 is 72.0. The predicted molar refractivity (Wildman–Crippen MR) is 470 cm³/mol. The topological polar surface area (TPSA) is 213 Å². The number of para-hydroxylation sites is 3. The van der Waals surface area contributed by atoms with Crippen LogP contribution in [0, 0.1) is 29.6 Å². The summed E-state index contributed by atoms with van der Waals surface area (Å²) in [6.07, 6.45) is 14.5. The van der Waals surface area contributed by atoms with Crippen molar-refractivity contribution in [2.45, 2.75) is 269 Å². The van der Waals surface area contributed by atoms with Crippen molar-refractivity contribution in [2.24, 2.45) is 29.6 Å². The van der Waals surface area contributed by atoms with E-state index in [1.165, 1.54) is 5.56 Å². The molecule has 0 radical (unpaired) electrons. The van der Waals surface area contributed by atoms with Crippen molar-refractivity contribution in [3.05, 3.63) is 266 Å². The van der Waals surface area contributed by atoms with Gasteiger partial charge in [0, 0.05) is 56.6 Å². The van der Waals surface area contributed by atoms with Crippen LogP contribution < -0.4 is 28.4 Å². The number of benzene rings is 6. The molecule has 0 N–H and O–H groups in total. The number of esters is 6. The van der Waals surface area contributed by atoms with Crippen LogP contribution in [0.25, 0.3) is 0 Å². The zero-order valence-corrected chi connectivity index (χ0v) is 72.8.